The molecule has 0 N–H and O–H groups in total. The van der Waals surface area contributed by atoms with Gasteiger partial charge in [-0.3, -0.25) is 9.48 Å². The number of aryl methyl sites for hydroxylation is 2. The second-order valence-corrected chi connectivity index (χ2v) is 3.70. The highest BCUT2D eigenvalue weighted by Crippen LogP contribution is 2.14. The number of aromatic nitrogens is 2. The van der Waals surface area contributed by atoms with E-state index in [1.807, 2.05) is 13.8 Å². The first-order chi connectivity index (χ1) is 7.74. The molecule has 0 amide bonds. The number of hydrogen-bond donors (Lipinski definition) is 0. The van der Waals surface area contributed by atoms with Crippen LogP contribution in [0.5, 0.6) is 0 Å². The molecule has 2 heterocycles. The van der Waals surface area contributed by atoms with Gasteiger partial charge in [0.25, 0.3) is 0 Å². The minimum atomic E-state index is -0.103. The van der Waals surface area contributed by atoms with Gasteiger partial charge in [-0.15, -0.1) is 0 Å². The fourth-order valence-electron chi connectivity index (χ4n) is 1.64. The quantitative estimate of drug-likeness (QED) is 0.740. The highest BCUT2D eigenvalue weighted by Gasteiger charge is 2.18. The van der Waals surface area contributed by atoms with Crippen molar-refractivity contribution in [3.8, 4) is 0 Å². The molecule has 84 valence electrons. The summed E-state index contributed by atoms with van der Waals surface area (Å²) in [6.45, 7) is 4.65. The third kappa shape index (κ3) is 1.78. The second-order valence-electron chi connectivity index (χ2n) is 3.70. The average Bonchev–Trinajstić information content (AvgIpc) is 2.87. The van der Waals surface area contributed by atoms with Crippen molar-refractivity contribution in [1.29, 1.82) is 0 Å². The van der Waals surface area contributed by atoms with Gasteiger partial charge >= 0.3 is 0 Å². The van der Waals surface area contributed by atoms with Gasteiger partial charge in [-0.25, -0.2) is 0 Å². The van der Waals surface area contributed by atoms with E-state index in [1.54, 1.807) is 23.0 Å². The molecule has 16 heavy (non-hydrogen) atoms. The molecule has 0 spiro atoms. The van der Waals surface area contributed by atoms with Crippen LogP contribution < -0.4 is 0 Å². The third-order valence-electron chi connectivity index (χ3n) is 2.45. The Morgan fingerprint density at radius 2 is 2.31 bits per heavy atom. The van der Waals surface area contributed by atoms with E-state index < -0.39 is 0 Å². The molecule has 0 aliphatic carbocycles. The number of carbonyl (C=O) groups is 1. The number of ketones is 1. The maximum absolute atomic E-state index is 12.1. The summed E-state index contributed by atoms with van der Waals surface area (Å²) >= 11 is 0. The molecule has 0 aliphatic heterocycles. The zero-order valence-electron chi connectivity index (χ0n) is 9.43. The Labute approximate surface area is 93.9 Å². The van der Waals surface area contributed by atoms with Crippen LogP contribution in [0, 0.1) is 6.92 Å². The summed E-state index contributed by atoms with van der Waals surface area (Å²) in [7, 11) is 0. The van der Waals surface area contributed by atoms with Crippen molar-refractivity contribution >= 4 is 5.78 Å². The number of carbonyl (C=O) groups excluding carboxylic acids is 1. The van der Waals surface area contributed by atoms with E-state index in [0.29, 0.717) is 11.5 Å². The van der Waals surface area contributed by atoms with E-state index in [9.17, 15) is 4.79 Å². The maximum Gasteiger partial charge on any atom is 0.246 e. The van der Waals surface area contributed by atoms with Crippen molar-refractivity contribution in [2.75, 3.05) is 0 Å². The van der Waals surface area contributed by atoms with Gasteiger partial charge in [0.2, 0.25) is 5.78 Å². The largest absolute Gasteiger partial charge is 0.461 e. The highest BCUT2D eigenvalue weighted by atomic mass is 16.3. The molecule has 4 heteroatoms. The standard InChI is InChI=1S/C12H14N2O2/c1-3-7-14-10(4-6-13-14)11(15)12-9(2)5-8-16-12/h4-6,8H,3,7H2,1-2H3. The average molecular weight is 218 g/mol. The minimum Gasteiger partial charge on any atom is -0.461 e. The zero-order valence-corrected chi connectivity index (χ0v) is 9.43. The Balaban J connectivity index is 2.34. The predicted octanol–water partition coefficient (Wildman–Crippen LogP) is 2.43. The second kappa shape index (κ2) is 4.35. The van der Waals surface area contributed by atoms with Gasteiger partial charge in [0, 0.05) is 12.7 Å². The van der Waals surface area contributed by atoms with E-state index >= 15 is 0 Å². The molecular formula is C12H14N2O2. The normalized spacial score (nSPS) is 10.6. The van der Waals surface area contributed by atoms with Crippen molar-refractivity contribution in [3.63, 3.8) is 0 Å². The highest BCUT2D eigenvalue weighted by molar-refractivity contribution is 6.06. The Morgan fingerprint density at radius 1 is 1.50 bits per heavy atom. The van der Waals surface area contributed by atoms with Gasteiger partial charge in [0.15, 0.2) is 5.76 Å². The molecule has 0 saturated carbocycles. The molecule has 0 saturated heterocycles. The smallest absolute Gasteiger partial charge is 0.246 e. The first-order valence-corrected chi connectivity index (χ1v) is 5.34. The van der Waals surface area contributed by atoms with Crippen molar-refractivity contribution < 1.29 is 9.21 Å². The number of nitrogens with zero attached hydrogens (tertiary/aromatic N) is 2. The van der Waals surface area contributed by atoms with Crippen LogP contribution >= 0.6 is 0 Å². The maximum atomic E-state index is 12.1. The number of furan rings is 1. The molecule has 0 fully saturated rings. The van der Waals surface area contributed by atoms with E-state index in [2.05, 4.69) is 5.10 Å². The van der Waals surface area contributed by atoms with Gasteiger partial charge in [0.1, 0.15) is 5.69 Å². The van der Waals surface area contributed by atoms with E-state index in [-0.39, 0.29) is 5.78 Å². The summed E-state index contributed by atoms with van der Waals surface area (Å²) in [4.78, 5) is 12.1. The molecule has 0 radical (unpaired) electrons. The van der Waals surface area contributed by atoms with Crippen LogP contribution in [0.2, 0.25) is 0 Å². The summed E-state index contributed by atoms with van der Waals surface area (Å²) in [5.74, 6) is 0.298. The van der Waals surface area contributed by atoms with Gasteiger partial charge < -0.3 is 4.42 Å². The van der Waals surface area contributed by atoms with Crippen LogP contribution in [0.25, 0.3) is 0 Å². The lowest BCUT2D eigenvalue weighted by Gasteiger charge is -2.03. The fourth-order valence-corrected chi connectivity index (χ4v) is 1.64. The molecule has 0 aliphatic rings. The number of rotatable bonds is 4. The molecule has 0 aromatic carbocycles. The Hall–Kier alpha value is -1.84. The predicted molar refractivity (Wildman–Crippen MR) is 59.4 cm³/mol. The van der Waals surface area contributed by atoms with Crippen LogP contribution in [-0.2, 0) is 6.54 Å². The van der Waals surface area contributed by atoms with E-state index in [1.165, 1.54) is 6.26 Å². The summed E-state index contributed by atoms with van der Waals surface area (Å²) in [5, 5.41) is 4.12. The first kappa shape index (κ1) is 10.7. The van der Waals surface area contributed by atoms with Gasteiger partial charge in [-0.1, -0.05) is 6.92 Å². The Bertz CT molecular complexity index is 497. The third-order valence-corrected chi connectivity index (χ3v) is 2.45. The van der Waals surface area contributed by atoms with Gasteiger partial charge in [-0.2, -0.15) is 5.10 Å². The lowest BCUT2D eigenvalue weighted by Crippen LogP contribution is -2.11. The van der Waals surface area contributed by atoms with Gasteiger partial charge in [-0.05, 0) is 31.0 Å². The zero-order chi connectivity index (χ0) is 11.5. The molecule has 0 bridgehead atoms. The molecule has 2 aromatic rings. The van der Waals surface area contributed by atoms with E-state index in [4.69, 9.17) is 4.42 Å². The molecule has 2 aromatic heterocycles. The Kier molecular flexibility index (Phi) is 2.90. The lowest BCUT2D eigenvalue weighted by atomic mass is 10.1. The van der Waals surface area contributed by atoms with Crippen LogP contribution in [-0.4, -0.2) is 15.6 Å². The van der Waals surface area contributed by atoms with Crippen molar-refractivity contribution in [2.24, 2.45) is 0 Å². The Morgan fingerprint density at radius 3 is 2.94 bits per heavy atom. The molecule has 4 nitrogen and oxygen atoms in total. The van der Waals surface area contributed by atoms with Crippen molar-refractivity contribution in [2.45, 2.75) is 26.8 Å². The summed E-state index contributed by atoms with van der Waals surface area (Å²) in [6.07, 6.45) is 4.11. The van der Waals surface area contributed by atoms with Crippen molar-refractivity contribution in [1.82, 2.24) is 9.78 Å². The lowest BCUT2D eigenvalue weighted by molar-refractivity contribution is 0.0998. The van der Waals surface area contributed by atoms with Crippen LogP contribution in [0.1, 0.15) is 35.2 Å². The minimum absolute atomic E-state index is 0.103. The first-order valence-electron chi connectivity index (χ1n) is 5.34. The van der Waals surface area contributed by atoms with E-state index in [0.717, 1.165) is 18.5 Å². The monoisotopic (exact) mass is 218 g/mol. The van der Waals surface area contributed by atoms with Crippen LogP contribution in [0.3, 0.4) is 0 Å². The summed E-state index contributed by atoms with van der Waals surface area (Å²) < 4.78 is 6.90. The van der Waals surface area contributed by atoms with Crippen LogP contribution in [0.4, 0.5) is 0 Å². The SMILES string of the molecule is CCCn1nccc1C(=O)c1occc1C. The number of hydrogen-bond acceptors (Lipinski definition) is 3. The van der Waals surface area contributed by atoms with Gasteiger partial charge in [0.05, 0.1) is 6.26 Å². The summed E-state index contributed by atoms with van der Waals surface area (Å²) in [6, 6.07) is 3.51. The van der Waals surface area contributed by atoms with Crippen LogP contribution in [0.15, 0.2) is 29.0 Å². The molecule has 0 atom stereocenters. The topological polar surface area (TPSA) is 48.0 Å². The molecule has 0 unspecified atom stereocenters. The molecular weight excluding hydrogens is 204 g/mol. The molecule has 2 rings (SSSR count). The van der Waals surface area contributed by atoms with Crippen molar-refractivity contribution in [3.05, 3.63) is 41.6 Å². The summed E-state index contributed by atoms with van der Waals surface area (Å²) in [5.41, 5.74) is 1.44. The fraction of sp³-hybridized carbons (Fsp3) is 0.333.